The molecule has 0 bridgehead atoms. The summed E-state index contributed by atoms with van der Waals surface area (Å²) in [6.45, 7) is 2.10. The van der Waals surface area contributed by atoms with E-state index in [1.54, 1.807) is 0 Å². The molecule has 0 fully saturated rings. The predicted octanol–water partition coefficient (Wildman–Crippen LogP) is 1.77. The zero-order valence-corrected chi connectivity index (χ0v) is 13.6. The maximum atomic E-state index is 12.6. The topological polar surface area (TPSA) is 97.6 Å². The zero-order chi connectivity index (χ0) is 16.7. The standard InChI is InChI=1S/C15H14N4O4S/c1-2-11-16-10(18-23-11)6-19-8-7-22-14(20)12(8)13(17-15(19)21)9-4-3-5-24-9/h3-5,13H,2,6-7H2,1H3,(H,17,21). The second-order valence-electron chi connectivity index (χ2n) is 5.38. The summed E-state index contributed by atoms with van der Waals surface area (Å²) in [5.74, 6) is 0.491. The van der Waals surface area contributed by atoms with Crippen molar-refractivity contribution in [3.63, 3.8) is 0 Å². The quantitative estimate of drug-likeness (QED) is 0.848. The lowest BCUT2D eigenvalue weighted by molar-refractivity contribution is -0.136. The van der Waals surface area contributed by atoms with Gasteiger partial charge in [0.2, 0.25) is 5.89 Å². The van der Waals surface area contributed by atoms with Gasteiger partial charge >= 0.3 is 12.0 Å². The fourth-order valence-corrected chi connectivity index (χ4v) is 3.57. The summed E-state index contributed by atoms with van der Waals surface area (Å²) >= 11 is 1.48. The lowest BCUT2D eigenvalue weighted by Gasteiger charge is -2.31. The maximum Gasteiger partial charge on any atom is 0.338 e. The fourth-order valence-electron chi connectivity index (χ4n) is 2.79. The van der Waals surface area contributed by atoms with E-state index >= 15 is 0 Å². The van der Waals surface area contributed by atoms with E-state index in [1.807, 2.05) is 24.4 Å². The number of nitrogens with one attached hydrogen (secondary N) is 1. The number of urea groups is 1. The van der Waals surface area contributed by atoms with Crippen LogP contribution in [0.3, 0.4) is 0 Å². The minimum Gasteiger partial charge on any atom is -0.456 e. The molecule has 4 heterocycles. The molecule has 2 aromatic rings. The molecule has 9 heteroatoms. The van der Waals surface area contributed by atoms with E-state index in [9.17, 15) is 9.59 Å². The predicted molar refractivity (Wildman–Crippen MR) is 82.8 cm³/mol. The van der Waals surface area contributed by atoms with Crippen LogP contribution in [-0.2, 0) is 22.5 Å². The highest BCUT2D eigenvalue weighted by atomic mass is 32.1. The van der Waals surface area contributed by atoms with Gasteiger partial charge in [0.25, 0.3) is 0 Å². The lowest BCUT2D eigenvalue weighted by atomic mass is 10.0. The van der Waals surface area contributed by atoms with E-state index < -0.39 is 12.0 Å². The van der Waals surface area contributed by atoms with E-state index in [4.69, 9.17) is 9.26 Å². The van der Waals surface area contributed by atoms with Crippen LogP contribution in [-0.4, -0.2) is 33.6 Å². The van der Waals surface area contributed by atoms with Crippen LogP contribution in [0.2, 0.25) is 0 Å². The van der Waals surface area contributed by atoms with Gasteiger partial charge in [-0.3, -0.25) is 4.90 Å². The lowest BCUT2D eigenvalue weighted by Crippen LogP contribution is -2.46. The first-order valence-corrected chi connectivity index (χ1v) is 8.38. The normalized spacial score (nSPS) is 20.2. The Labute approximate surface area is 141 Å². The number of amides is 2. The minimum absolute atomic E-state index is 0.0714. The van der Waals surface area contributed by atoms with E-state index in [2.05, 4.69) is 15.5 Å². The number of thiophene rings is 1. The zero-order valence-electron chi connectivity index (χ0n) is 12.8. The van der Waals surface area contributed by atoms with Crippen molar-refractivity contribution in [1.82, 2.24) is 20.4 Å². The average molecular weight is 346 g/mol. The molecule has 0 aromatic carbocycles. The van der Waals surface area contributed by atoms with E-state index in [1.165, 1.54) is 16.2 Å². The summed E-state index contributed by atoms with van der Waals surface area (Å²) in [5, 5.41) is 8.63. The summed E-state index contributed by atoms with van der Waals surface area (Å²) in [4.78, 5) is 31.3. The Balaban J connectivity index is 1.69. The number of aryl methyl sites for hydroxylation is 1. The Morgan fingerprint density at radius 2 is 2.33 bits per heavy atom. The smallest absolute Gasteiger partial charge is 0.338 e. The second-order valence-corrected chi connectivity index (χ2v) is 6.36. The maximum absolute atomic E-state index is 12.6. The molecule has 24 heavy (non-hydrogen) atoms. The molecule has 0 aliphatic carbocycles. The van der Waals surface area contributed by atoms with Crippen molar-refractivity contribution in [3.8, 4) is 0 Å². The first kappa shape index (κ1) is 14.9. The molecule has 0 saturated heterocycles. The van der Waals surface area contributed by atoms with Crippen molar-refractivity contribution < 1.29 is 18.8 Å². The van der Waals surface area contributed by atoms with Gasteiger partial charge in [-0.2, -0.15) is 4.98 Å². The molecule has 1 unspecified atom stereocenters. The van der Waals surface area contributed by atoms with Crippen LogP contribution in [0.15, 0.2) is 33.3 Å². The van der Waals surface area contributed by atoms with Gasteiger partial charge in [0.15, 0.2) is 5.82 Å². The number of cyclic esters (lactones) is 1. The van der Waals surface area contributed by atoms with Crippen molar-refractivity contribution in [2.45, 2.75) is 25.9 Å². The highest BCUT2D eigenvalue weighted by molar-refractivity contribution is 7.10. The summed E-state index contributed by atoms with van der Waals surface area (Å²) in [7, 11) is 0. The Kier molecular flexibility index (Phi) is 3.57. The van der Waals surface area contributed by atoms with Gasteiger partial charge in [0.1, 0.15) is 6.61 Å². The van der Waals surface area contributed by atoms with Crippen LogP contribution in [0, 0.1) is 0 Å². The van der Waals surface area contributed by atoms with Gasteiger partial charge in [0.05, 0.1) is 23.9 Å². The molecule has 2 aliphatic rings. The Morgan fingerprint density at radius 3 is 3.04 bits per heavy atom. The molecule has 8 nitrogen and oxygen atoms in total. The van der Waals surface area contributed by atoms with Crippen molar-refractivity contribution in [2.24, 2.45) is 0 Å². The van der Waals surface area contributed by atoms with Crippen molar-refractivity contribution in [1.29, 1.82) is 0 Å². The summed E-state index contributed by atoms with van der Waals surface area (Å²) in [5.41, 5.74) is 1.03. The molecular weight excluding hydrogens is 332 g/mol. The van der Waals surface area contributed by atoms with Gasteiger partial charge in [-0.05, 0) is 11.4 Å². The van der Waals surface area contributed by atoms with Crippen LogP contribution < -0.4 is 5.32 Å². The number of ether oxygens (including phenoxy) is 1. The SMILES string of the molecule is CCc1nc(CN2C(=O)NC(c3cccs3)C3=C2COC3=O)no1. The number of aromatic nitrogens is 2. The third-order valence-corrected chi connectivity index (χ3v) is 4.88. The van der Waals surface area contributed by atoms with Gasteiger partial charge < -0.3 is 14.6 Å². The minimum atomic E-state index is -0.477. The average Bonchev–Trinajstić information content (AvgIpc) is 3.31. The molecular formula is C15H14N4O4S. The number of esters is 1. The first-order valence-electron chi connectivity index (χ1n) is 7.50. The number of carbonyl (C=O) groups is 2. The van der Waals surface area contributed by atoms with Crippen LogP contribution in [0.1, 0.15) is 29.6 Å². The van der Waals surface area contributed by atoms with Gasteiger partial charge in [0, 0.05) is 11.3 Å². The van der Waals surface area contributed by atoms with Crippen LogP contribution in [0.5, 0.6) is 0 Å². The number of hydrogen-bond acceptors (Lipinski definition) is 7. The largest absolute Gasteiger partial charge is 0.456 e. The van der Waals surface area contributed by atoms with Gasteiger partial charge in [-0.1, -0.05) is 18.1 Å². The molecule has 2 aliphatic heterocycles. The molecule has 4 rings (SSSR count). The molecule has 2 aromatic heterocycles. The highest BCUT2D eigenvalue weighted by Gasteiger charge is 2.42. The Hall–Kier alpha value is -2.68. The number of carbonyl (C=O) groups excluding carboxylic acids is 2. The molecule has 2 amide bonds. The molecule has 0 saturated carbocycles. The molecule has 0 radical (unpaired) electrons. The van der Waals surface area contributed by atoms with E-state index in [0.29, 0.717) is 29.4 Å². The third-order valence-electron chi connectivity index (χ3n) is 3.94. The summed E-state index contributed by atoms with van der Waals surface area (Å²) in [6, 6.07) is 2.97. The third kappa shape index (κ3) is 2.37. The van der Waals surface area contributed by atoms with Crippen LogP contribution >= 0.6 is 11.3 Å². The molecule has 0 spiro atoms. The van der Waals surface area contributed by atoms with Gasteiger partial charge in [-0.15, -0.1) is 11.3 Å². The first-order chi connectivity index (χ1) is 11.7. The Morgan fingerprint density at radius 1 is 1.46 bits per heavy atom. The van der Waals surface area contributed by atoms with Crippen molar-refractivity contribution >= 4 is 23.3 Å². The highest BCUT2D eigenvalue weighted by Crippen LogP contribution is 2.37. The molecule has 1 N–H and O–H groups in total. The number of rotatable bonds is 4. The summed E-state index contributed by atoms with van der Waals surface area (Å²) in [6.07, 6.45) is 0.620. The van der Waals surface area contributed by atoms with Crippen LogP contribution in [0.25, 0.3) is 0 Å². The van der Waals surface area contributed by atoms with E-state index in [0.717, 1.165) is 4.88 Å². The van der Waals surface area contributed by atoms with Crippen LogP contribution in [0.4, 0.5) is 4.79 Å². The monoisotopic (exact) mass is 346 g/mol. The number of hydrogen-bond donors (Lipinski definition) is 1. The van der Waals surface area contributed by atoms with Gasteiger partial charge in [-0.25, -0.2) is 9.59 Å². The summed E-state index contributed by atoms with van der Waals surface area (Å²) < 4.78 is 10.2. The molecule has 1 atom stereocenters. The Bertz CT molecular complexity index is 826. The fraction of sp³-hybridized carbons (Fsp3) is 0.333. The molecule has 124 valence electrons. The van der Waals surface area contributed by atoms with E-state index in [-0.39, 0.29) is 19.2 Å². The number of nitrogens with zero attached hydrogens (tertiary/aromatic N) is 3. The van der Waals surface area contributed by atoms with Crippen molar-refractivity contribution in [2.75, 3.05) is 6.61 Å². The van der Waals surface area contributed by atoms with Crippen molar-refractivity contribution in [3.05, 3.63) is 45.4 Å². The second kappa shape index (κ2) is 5.75.